The normalized spacial score (nSPS) is 12.1. The summed E-state index contributed by atoms with van der Waals surface area (Å²) >= 11 is 0. The number of hydrogen-bond donors (Lipinski definition) is 2. The number of rotatable bonds is 8. The fourth-order valence-electron chi connectivity index (χ4n) is 1.07. The van der Waals surface area contributed by atoms with Crippen LogP contribution in [0.3, 0.4) is 0 Å². The van der Waals surface area contributed by atoms with Crippen molar-refractivity contribution in [3.05, 3.63) is 0 Å². The van der Waals surface area contributed by atoms with Crippen molar-refractivity contribution in [1.29, 1.82) is 0 Å². The highest BCUT2D eigenvalue weighted by Gasteiger charge is 2.27. The van der Waals surface area contributed by atoms with E-state index in [2.05, 4.69) is 4.74 Å². The highest BCUT2D eigenvalue weighted by Crippen LogP contribution is 2.04. The summed E-state index contributed by atoms with van der Waals surface area (Å²) in [6.45, 7) is 1.87. The molecule has 0 bridgehead atoms. The van der Waals surface area contributed by atoms with Gasteiger partial charge in [0.25, 0.3) is 6.47 Å². The van der Waals surface area contributed by atoms with Gasteiger partial charge < -0.3 is 14.9 Å². The molecule has 0 aliphatic carbocycles. The molecule has 0 aliphatic heterocycles. The van der Waals surface area contributed by atoms with E-state index in [1.807, 2.05) is 0 Å². The van der Waals surface area contributed by atoms with E-state index in [9.17, 15) is 14.4 Å². The van der Waals surface area contributed by atoms with E-state index in [4.69, 9.17) is 10.2 Å². The maximum Gasteiger partial charge on any atom is 0.321 e. The number of carboxylic acids is 2. The summed E-state index contributed by atoms with van der Waals surface area (Å²) in [6.07, 6.45) is -0.536. The minimum absolute atomic E-state index is 0.183. The lowest BCUT2D eigenvalue weighted by atomic mass is 10.2. The SMILES string of the molecule is CCN(COC=O)C(CC(=O)O)C(=O)O. The Balaban J connectivity index is 4.46. The van der Waals surface area contributed by atoms with Gasteiger partial charge in [0.05, 0.1) is 6.42 Å². The molecule has 15 heavy (non-hydrogen) atoms. The van der Waals surface area contributed by atoms with Crippen LogP contribution in [0.1, 0.15) is 13.3 Å². The lowest BCUT2D eigenvalue weighted by molar-refractivity contribution is -0.154. The first-order valence-corrected chi connectivity index (χ1v) is 4.26. The van der Waals surface area contributed by atoms with Gasteiger partial charge >= 0.3 is 11.9 Å². The second-order valence-electron chi connectivity index (χ2n) is 2.75. The van der Waals surface area contributed by atoms with Crippen LogP contribution >= 0.6 is 0 Å². The number of ether oxygens (including phenoxy) is 1. The third kappa shape index (κ3) is 4.96. The van der Waals surface area contributed by atoms with E-state index in [0.29, 0.717) is 0 Å². The predicted molar refractivity (Wildman–Crippen MR) is 48.1 cm³/mol. The zero-order chi connectivity index (χ0) is 11.8. The van der Waals surface area contributed by atoms with Crippen LogP contribution in [0.5, 0.6) is 0 Å². The lowest BCUT2D eigenvalue weighted by Crippen LogP contribution is -2.43. The Morgan fingerprint density at radius 2 is 2.07 bits per heavy atom. The van der Waals surface area contributed by atoms with Crippen molar-refractivity contribution in [2.45, 2.75) is 19.4 Å². The Hall–Kier alpha value is -1.63. The molecule has 0 aliphatic rings. The number of nitrogens with zero attached hydrogens (tertiary/aromatic N) is 1. The highest BCUT2D eigenvalue weighted by atomic mass is 16.5. The van der Waals surface area contributed by atoms with Crippen LogP contribution in [-0.2, 0) is 19.1 Å². The molecule has 86 valence electrons. The first-order valence-electron chi connectivity index (χ1n) is 4.26. The number of carbonyl (C=O) groups is 3. The third-order valence-electron chi connectivity index (χ3n) is 1.81. The molecule has 0 rings (SSSR count). The fraction of sp³-hybridized carbons (Fsp3) is 0.625. The van der Waals surface area contributed by atoms with Crippen molar-refractivity contribution >= 4 is 18.4 Å². The molecular formula is C8H13NO6. The molecule has 0 radical (unpaired) electrons. The molecule has 0 heterocycles. The maximum atomic E-state index is 10.7. The molecule has 0 amide bonds. The molecule has 0 aromatic heterocycles. The van der Waals surface area contributed by atoms with E-state index in [-0.39, 0.29) is 19.7 Å². The number of hydrogen-bond acceptors (Lipinski definition) is 5. The molecule has 0 aromatic rings. The Bertz CT molecular complexity index is 241. The molecule has 0 aromatic carbocycles. The minimum atomic E-state index is -1.26. The van der Waals surface area contributed by atoms with E-state index in [1.54, 1.807) is 6.92 Å². The Morgan fingerprint density at radius 1 is 1.47 bits per heavy atom. The van der Waals surface area contributed by atoms with E-state index < -0.39 is 24.4 Å². The summed E-state index contributed by atoms with van der Waals surface area (Å²) in [5.74, 6) is -2.47. The molecule has 1 unspecified atom stereocenters. The smallest absolute Gasteiger partial charge is 0.321 e. The van der Waals surface area contributed by atoms with Crippen LogP contribution in [-0.4, -0.2) is 52.8 Å². The molecular weight excluding hydrogens is 206 g/mol. The van der Waals surface area contributed by atoms with Crippen LogP contribution in [0.2, 0.25) is 0 Å². The van der Waals surface area contributed by atoms with E-state index in [0.717, 1.165) is 0 Å². The highest BCUT2D eigenvalue weighted by molar-refractivity contribution is 5.80. The topological polar surface area (TPSA) is 104 Å². The Kier molecular flexibility index (Phi) is 6.03. The van der Waals surface area contributed by atoms with Crippen LogP contribution < -0.4 is 0 Å². The molecule has 2 N–H and O–H groups in total. The summed E-state index contributed by atoms with van der Waals surface area (Å²) in [7, 11) is 0. The average Bonchev–Trinajstić information content (AvgIpc) is 2.16. The quantitative estimate of drug-likeness (QED) is 0.413. The standard InChI is InChI=1S/C8H13NO6/c1-2-9(4-15-5-10)6(8(13)14)3-7(11)12/h5-6H,2-4H2,1H3,(H,11,12)(H,13,14). The summed E-state index contributed by atoms with van der Waals surface area (Å²) in [5.41, 5.74) is 0. The molecule has 7 nitrogen and oxygen atoms in total. The van der Waals surface area contributed by atoms with Crippen molar-refractivity contribution in [3.8, 4) is 0 Å². The summed E-state index contributed by atoms with van der Waals surface area (Å²) in [6, 6.07) is -1.19. The van der Waals surface area contributed by atoms with E-state index in [1.165, 1.54) is 4.90 Å². The Morgan fingerprint density at radius 3 is 2.40 bits per heavy atom. The molecule has 7 heteroatoms. The van der Waals surface area contributed by atoms with Gasteiger partial charge in [-0.1, -0.05) is 6.92 Å². The molecule has 0 spiro atoms. The minimum Gasteiger partial charge on any atom is -0.481 e. The second kappa shape index (κ2) is 6.77. The first kappa shape index (κ1) is 13.4. The van der Waals surface area contributed by atoms with Gasteiger partial charge in [0.15, 0.2) is 0 Å². The van der Waals surface area contributed by atoms with Crippen LogP contribution in [0.15, 0.2) is 0 Å². The summed E-state index contributed by atoms with van der Waals surface area (Å²) < 4.78 is 4.39. The fourth-order valence-corrected chi connectivity index (χ4v) is 1.07. The van der Waals surface area contributed by atoms with Crippen molar-refractivity contribution in [1.82, 2.24) is 4.90 Å². The van der Waals surface area contributed by atoms with Crippen LogP contribution in [0.25, 0.3) is 0 Å². The average molecular weight is 219 g/mol. The van der Waals surface area contributed by atoms with Crippen molar-refractivity contribution in [2.24, 2.45) is 0 Å². The Labute approximate surface area is 86.2 Å². The summed E-state index contributed by atoms with van der Waals surface area (Å²) in [4.78, 5) is 32.3. The summed E-state index contributed by atoms with van der Waals surface area (Å²) in [5, 5.41) is 17.3. The maximum absolute atomic E-state index is 10.7. The van der Waals surface area contributed by atoms with Crippen molar-refractivity contribution < 1.29 is 29.3 Å². The zero-order valence-corrected chi connectivity index (χ0v) is 8.25. The van der Waals surface area contributed by atoms with E-state index >= 15 is 0 Å². The number of aliphatic carboxylic acids is 2. The monoisotopic (exact) mass is 219 g/mol. The van der Waals surface area contributed by atoms with Gasteiger partial charge in [-0.05, 0) is 6.54 Å². The van der Waals surface area contributed by atoms with Crippen molar-refractivity contribution in [3.63, 3.8) is 0 Å². The molecule has 1 atom stereocenters. The van der Waals surface area contributed by atoms with Gasteiger partial charge in [-0.25, -0.2) is 0 Å². The van der Waals surface area contributed by atoms with Crippen molar-refractivity contribution in [2.75, 3.05) is 13.3 Å². The first-order chi connectivity index (χ1) is 7.02. The molecule has 0 saturated carbocycles. The predicted octanol–water partition coefficient (Wildman–Crippen LogP) is -0.633. The number of likely N-dealkylation sites (N-methyl/N-ethyl adjacent to an activating group) is 1. The number of carboxylic acid groups (broad SMARTS) is 2. The van der Waals surface area contributed by atoms with Gasteiger partial charge in [-0.2, -0.15) is 0 Å². The van der Waals surface area contributed by atoms with Crippen LogP contribution in [0.4, 0.5) is 0 Å². The molecule has 0 fully saturated rings. The largest absolute Gasteiger partial charge is 0.481 e. The zero-order valence-electron chi connectivity index (χ0n) is 8.25. The van der Waals surface area contributed by atoms with Gasteiger partial charge in [-0.3, -0.25) is 19.3 Å². The molecule has 0 saturated heterocycles. The van der Waals surface area contributed by atoms with Gasteiger partial charge in [-0.15, -0.1) is 0 Å². The van der Waals surface area contributed by atoms with Gasteiger partial charge in [0, 0.05) is 0 Å². The third-order valence-corrected chi connectivity index (χ3v) is 1.81. The second-order valence-corrected chi connectivity index (χ2v) is 2.75. The van der Waals surface area contributed by atoms with Crippen LogP contribution in [0, 0.1) is 0 Å². The van der Waals surface area contributed by atoms with Gasteiger partial charge in [0.2, 0.25) is 0 Å². The lowest BCUT2D eigenvalue weighted by Gasteiger charge is -2.24. The number of carbonyl (C=O) groups excluding carboxylic acids is 1. The van der Waals surface area contributed by atoms with Gasteiger partial charge in [0.1, 0.15) is 12.8 Å².